The maximum absolute atomic E-state index is 11.5. The Morgan fingerprint density at radius 1 is 1.17 bits per heavy atom. The van der Waals surface area contributed by atoms with Crippen LogP contribution >= 0.6 is 24.0 Å². The summed E-state index contributed by atoms with van der Waals surface area (Å²) in [5, 5.41) is 6.45. The number of unbranched alkanes of at least 4 members (excludes halogenated alkanes) is 4. The third-order valence-electron chi connectivity index (χ3n) is 3.95. The van der Waals surface area contributed by atoms with Gasteiger partial charge < -0.3 is 15.5 Å². The van der Waals surface area contributed by atoms with Crippen molar-refractivity contribution in [1.29, 1.82) is 0 Å². The number of hydrogen-bond donors (Lipinski definition) is 2. The Kier molecular flexibility index (Phi) is 13.1. The van der Waals surface area contributed by atoms with E-state index in [2.05, 4.69) is 34.6 Å². The topological polar surface area (TPSA) is 73.8 Å². The number of halogens is 1. The summed E-state index contributed by atoms with van der Waals surface area (Å²) >= 11 is 0. The predicted octanol–water partition coefficient (Wildman–Crippen LogP) is 1.86. The number of sulfone groups is 1. The molecule has 1 atom stereocenters. The highest BCUT2D eigenvalue weighted by atomic mass is 127. The monoisotopic (exact) mass is 474 g/mol. The average molecular weight is 474 g/mol. The van der Waals surface area contributed by atoms with Gasteiger partial charge in [-0.25, -0.2) is 8.42 Å². The minimum Gasteiger partial charge on any atom is -0.357 e. The molecule has 1 unspecified atom stereocenters. The number of nitrogens with zero attached hydrogens (tertiary/aromatic N) is 2. The van der Waals surface area contributed by atoms with Gasteiger partial charge in [-0.1, -0.05) is 19.3 Å². The summed E-state index contributed by atoms with van der Waals surface area (Å²) in [5.74, 6) is 1.27. The van der Waals surface area contributed by atoms with Crippen molar-refractivity contribution in [3.63, 3.8) is 0 Å². The number of hydrogen-bond acceptors (Lipinski definition) is 4. The molecule has 8 heteroatoms. The second-order valence-corrected chi connectivity index (χ2v) is 8.80. The first-order valence-corrected chi connectivity index (χ1v) is 10.6. The fourth-order valence-electron chi connectivity index (χ4n) is 2.68. The van der Waals surface area contributed by atoms with E-state index in [4.69, 9.17) is 0 Å². The lowest BCUT2D eigenvalue weighted by Gasteiger charge is -2.15. The smallest absolute Gasteiger partial charge is 0.191 e. The molecule has 0 amide bonds. The Labute approximate surface area is 165 Å². The fraction of sp³-hybridized carbons (Fsp3) is 0.938. The Morgan fingerprint density at radius 3 is 2.42 bits per heavy atom. The van der Waals surface area contributed by atoms with Crippen LogP contribution in [0.25, 0.3) is 0 Å². The van der Waals surface area contributed by atoms with Crippen LogP contribution in [0.4, 0.5) is 0 Å². The van der Waals surface area contributed by atoms with Crippen LogP contribution in [-0.4, -0.2) is 70.6 Å². The van der Waals surface area contributed by atoms with Gasteiger partial charge in [-0.15, -0.1) is 24.0 Å². The normalized spacial score (nSPS) is 20.0. The molecular weight excluding hydrogens is 439 g/mol. The van der Waals surface area contributed by atoms with Crippen molar-refractivity contribution in [3.05, 3.63) is 0 Å². The molecule has 0 radical (unpaired) electrons. The maximum atomic E-state index is 11.5. The molecule has 1 aliphatic heterocycles. The molecule has 1 aliphatic rings. The maximum Gasteiger partial charge on any atom is 0.191 e. The lowest BCUT2D eigenvalue weighted by atomic mass is 10.1. The molecule has 0 saturated carbocycles. The van der Waals surface area contributed by atoms with Crippen LogP contribution in [-0.2, 0) is 9.84 Å². The zero-order valence-corrected chi connectivity index (χ0v) is 18.5. The third kappa shape index (κ3) is 11.5. The van der Waals surface area contributed by atoms with E-state index in [1.165, 1.54) is 25.7 Å². The molecule has 0 spiro atoms. The van der Waals surface area contributed by atoms with Gasteiger partial charge in [0.1, 0.15) is 0 Å². The van der Waals surface area contributed by atoms with E-state index in [-0.39, 0.29) is 41.5 Å². The molecular formula is C16H35IN4O2S. The first kappa shape index (κ1) is 23.9. The molecule has 24 heavy (non-hydrogen) atoms. The standard InChI is InChI=1S/C16H34N4O2S.HI/c1-4-17-16(19-15-10-13-23(21,22)14-15)18-11-8-6-5-7-9-12-20(2)3;/h15H,4-14H2,1-3H3,(H2,17,18,19);1H. The molecule has 144 valence electrons. The summed E-state index contributed by atoms with van der Waals surface area (Å²) in [6.45, 7) is 4.77. The van der Waals surface area contributed by atoms with Gasteiger partial charge in [-0.3, -0.25) is 4.99 Å². The molecule has 1 heterocycles. The van der Waals surface area contributed by atoms with E-state index >= 15 is 0 Å². The first-order valence-electron chi connectivity index (χ1n) is 8.83. The number of guanidine groups is 1. The van der Waals surface area contributed by atoms with Crippen molar-refractivity contribution in [2.45, 2.75) is 51.5 Å². The lowest BCUT2D eigenvalue weighted by molar-refractivity contribution is 0.390. The van der Waals surface area contributed by atoms with Gasteiger partial charge in [0.15, 0.2) is 15.8 Å². The van der Waals surface area contributed by atoms with Crippen molar-refractivity contribution < 1.29 is 8.42 Å². The van der Waals surface area contributed by atoms with Crippen LogP contribution in [0.15, 0.2) is 4.99 Å². The van der Waals surface area contributed by atoms with E-state index in [0.717, 1.165) is 32.0 Å². The number of rotatable bonds is 10. The highest BCUT2D eigenvalue weighted by Crippen LogP contribution is 2.11. The minimum absolute atomic E-state index is 0. The van der Waals surface area contributed by atoms with Crippen molar-refractivity contribution in [2.24, 2.45) is 4.99 Å². The SMILES string of the molecule is CCNC(=NCCCCCCCN(C)C)NC1CCS(=O)(=O)C1.I. The van der Waals surface area contributed by atoms with Gasteiger partial charge in [-0.05, 0) is 46.8 Å². The van der Waals surface area contributed by atoms with Crippen molar-refractivity contribution in [1.82, 2.24) is 15.5 Å². The minimum atomic E-state index is -2.85. The summed E-state index contributed by atoms with van der Waals surface area (Å²) in [7, 11) is 1.37. The summed E-state index contributed by atoms with van der Waals surface area (Å²) in [6.07, 6.45) is 6.76. The summed E-state index contributed by atoms with van der Waals surface area (Å²) < 4.78 is 23.0. The van der Waals surface area contributed by atoms with Gasteiger partial charge in [0.05, 0.1) is 11.5 Å². The summed E-state index contributed by atoms with van der Waals surface area (Å²) in [6, 6.07) is 0.00355. The molecule has 6 nitrogen and oxygen atoms in total. The molecule has 0 bridgehead atoms. The Hall–Kier alpha value is -0.0900. The van der Waals surface area contributed by atoms with E-state index in [1.54, 1.807) is 0 Å². The van der Waals surface area contributed by atoms with Crippen molar-refractivity contribution >= 4 is 39.8 Å². The third-order valence-corrected chi connectivity index (χ3v) is 5.72. The molecule has 1 fully saturated rings. The largest absolute Gasteiger partial charge is 0.357 e. The second kappa shape index (κ2) is 13.2. The zero-order chi connectivity index (χ0) is 17.1. The molecule has 0 aromatic heterocycles. The van der Waals surface area contributed by atoms with Gasteiger partial charge in [0, 0.05) is 19.1 Å². The zero-order valence-electron chi connectivity index (χ0n) is 15.4. The predicted molar refractivity (Wildman–Crippen MR) is 113 cm³/mol. The highest BCUT2D eigenvalue weighted by Gasteiger charge is 2.28. The van der Waals surface area contributed by atoms with Crippen LogP contribution in [0, 0.1) is 0 Å². The molecule has 2 N–H and O–H groups in total. The van der Waals surface area contributed by atoms with Crippen LogP contribution in [0.5, 0.6) is 0 Å². The second-order valence-electron chi connectivity index (χ2n) is 6.58. The van der Waals surface area contributed by atoms with Gasteiger partial charge in [0.25, 0.3) is 0 Å². The van der Waals surface area contributed by atoms with Crippen LogP contribution in [0.2, 0.25) is 0 Å². The lowest BCUT2D eigenvalue weighted by Crippen LogP contribution is -2.44. The average Bonchev–Trinajstić information content (AvgIpc) is 2.80. The summed E-state index contributed by atoms with van der Waals surface area (Å²) in [4.78, 5) is 6.79. The Bertz CT molecular complexity index is 455. The first-order chi connectivity index (χ1) is 10.9. The van der Waals surface area contributed by atoms with Crippen LogP contribution in [0.3, 0.4) is 0 Å². The van der Waals surface area contributed by atoms with Gasteiger partial charge in [0.2, 0.25) is 0 Å². The molecule has 0 aromatic carbocycles. The quantitative estimate of drug-likeness (QED) is 0.219. The Morgan fingerprint density at radius 2 is 1.83 bits per heavy atom. The van der Waals surface area contributed by atoms with Crippen molar-refractivity contribution in [3.8, 4) is 0 Å². The molecule has 0 aromatic rings. The van der Waals surface area contributed by atoms with E-state index in [0.29, 0.717) is 6.42 Å². The van der Waals surface area contributed by atoms with E-state index in [9.17, 15) is 8.42 Å². The molecule has 0 aliphatic carbocycles. The van der Waals surface area contributed by atoms with Crippen LogP contribution in [0.1, 0.15) is 45.4 Å². The van der Waals surface area contributed by atoms with Crippen LogP contribution < -0.4 is 10.6 Å². The Balaban J connectivity index is 0.00000529. The highest BCUT2D eigenvalue weighted by molar-refractivity contribution is 14.0. The number of nitrogens with one attached hydrogen (secondary N) is 2. The van der Waals surface area contributed by atoms with E-state index < -0.39 is 9.84 Å². The van der Waals surface area contributed by atoms with Crippen molar-refractivity contribution in [2.75, 3.05) is 45.2 Å². The molecule has 1 rings (SSSR count). The van der Waals surface area contributed by atoms with Gasteiger partial charge >= 0.3 is 0 Å². The molecule has 1 saturated heterocycles. The van der Waals surface area contributed by atoms with Gasteiger partial charge in [-0.2, -0.15) is 0 Å². The number of aliphatic imine (C=N–C) groups is 1. The van der Waals surface area contributed by atoms with E-state index in [1.807, 2.05) is 6.92 Å². The fourth-order valence-corrected chi connectivity index (χ4v) is 4.36. The summed E-state index contributed by atoms with van der Waals surface area (Å²) in [5.41, 5.74) is 0.